The fraction of sp³-hybridized carbons (Fsp3) is 0.400. The van der Waals surface area contributed by atoms with Gasteiger partial charge in [-0.05, 0) is 12.5 Å². The quantitative estimate of drug-likeness (QED) is 0.748. The van der Waals surface area contributed by atoms with E-state index in [0.29, 0.717) is 11.3 Å². The van der Waals surface area contributed by atoms with Crippen LogP contribution in [0.3, 0.4) is 0 Å². The number of aromatic nitrogens is 3. The van der Waals surface area contributed by atoms with Gasteiger partial charge in [0.1, 0.15) is 0 Å². The molecule has 1 heterocycles. The second-order valence-corrected chi connectivity index (χ2v) is 3.54. The molecule has 0 amide bonds. The summed E-state index contributed by atoms with van der Waals surface area (Å²) in [5.74, 6) is 0. The zero-order valence-electron chi connectivity index (χ0n) is 9.04. The number of hydrogen-bond acceptors (Lipinski definition) is 2. The molecule has 1 aromatic heterocycles. The van der Waals surface area contributed by atoms with Crippen molar-refractivity contribution in [2.45, 2.75) is 19.5 Å². The lowest BCUT2D eigenvalue weighted by Crippen LogP contribution is -2.09. The molecule has 0 radical (unpaired) electrons. The monoisotopic (exact) mass is 231 g/mol. The third kappa shape index (κ3) is 3.52. The molecule has 0 saturated heterocycles. The second-order valence-electron chi connectivity index (χ2n) is 3.54. The van der Waals surface area contributed by atoms with Gasteiger partial charge in [0.15, 0.2) is 0 Å². The predicted octanol–water partition coefficient (Wildman–Crippen LogP) is 2.42. The molecule has 0 atom stereocenters. The van der Waals surface area contributed by atoms with Crippen LogP contribution in [-0.2, 0) is 13.5 Å². The molecule has 3 nitrogen and oxygen atoms in total. The van der Waals surface area contributed by atoms with Crippen molar-refractivity contribution in [1.29, 1.82) is 0 Å². The largest absolute Gasteiger partial charge is 0.412 e. The number of allylic oxidation sites excluding steroid dienone is 3. The van der Waals surface area contributed by atoms with E-state index in [0.717, 1.165) is 13.0 Å². The molecule has 0 aliphatic carbocycles. The first-order valence-electron chi connectivity index (χ1n) is 4.57. The van der Waals surface area contributed by atoms with Gasteiger partial charge in [-0.3, -0.25) is 4.68 Å². The Morgan fingerprint density at radius 2 is 2.19 bits per heavy atom. The molecule has 6 heteroatoms. The summed E-state index contributed by atoms with van der Waals surface area (Å²) in [4.78, 5) is 0. The zero-order chi connectivity index (χ0) is 12.3. The van der Waals surface area contributed by atoms with Crippen molar-refractivity contribution in [2.24, 2.45) is 7.05 Å². The smallest absolute Gasteiger partial charge is 0.255 e. The molecular formula is C10H12F3N3. The lowest BCUT2D eigenvalue weighted by molar-refractivity contribution is -0.0913. The van der Waals surface area contributed by atoms with Crippen LogP contribution in [0.4, 0.5) is 13.2 Å². The van der Waals surface area contributed by atoms with Crippen molar-refractivity contribution in [2.75, 3.05) is 0 Å². The van der Waals surface area contributed by atoms with Gasteiger partial charge in [0.25, 0.3) is 0 Å². The molecule has 0 aromatic carbocycles. The van der Waals surface area contributed by atoms with Crippen LogP contribution in [0.2, 0.25) is 0 Å². The highest BCUT2D eigenvalue weighted by Gasteiger charge is 2.29. The molecule has 0 saturated carbocycles. The summed E-state index contributed by atoms with van der Waals surface area (Å²) in [6.45, 7) is 4.58. The Balaban J connectivity index is 2.67. The Hall–Kier alpha value is -1.59. The fourth-order valence-corrected chi connectivity index (χ4v) is 1.15. The first-order valence-corrected chi connectivity index (χ1v) is 4.57. The summed E-state index contributed by atoms with van der Waals surface area (Å²) in [6.07, 6.45) is -1.37. The van der Waals surface area contributed by atoms with Crippen LogP contribution < -0.4 is 0 Å². The maximum absolute atomic E-state index is 12.2. The molecule has 88 valence electrons. The van der Waals surface area contributed by atoms with Crippen LogP contribution >= 0.6 is 0 Å². The van der Waals surface area contributed by atoms with Crippen LogP contribution in [0.15, 0.2) is 30.0 Å². The average molecular weight is 231 g/mol. The van der Waals surface area contributed by atoms with Gasteiger partial charge in [-0.2, -0.15) is 13.2 Å². The number of nitrogens with zero attached hydrogens (tertiary/aromatic N) is 3. The van der Waals surface area contributed by atoms with E-state index < -0.39 is 11.7 Å². The van der Waals surface area contributed by atoms with Crippen molar-refractivity contribution in [3.63, 3.8) is 0 Å². The molecule has 0 N–H and O–H groups in total. The van der Waals surface area contributed by atoms with E-state index in [1.807, 2.05) is 0 Å². The predicted molar refractivity (Wildman–Crippen MR) is 53.7 cm³/mol. The maximum atomic E-state index is 12.2. The molecule has 1 rings (SSSR count). The van der Waals surface area contributed by atoms with Crippen molar-refractivity contribution >= 4 is 0 Å². The van der Waals surface area contributed by atoms with Gasteiger partial charge in [0, 0.05) is 25.2 Å². The van der Waals surface area contributed by atoms with Gasteiger partial charge in [0.2, 0.25) is 0 Å². The van der Waals surface area contributed by atoms with Gasteiger partial charge in [0.05, 0.1) is 5.69 Å². The van der Waals surface area contributed by atoms with Crippen LogP contribution in [0, 0.1) is 0 Å². The molecule has 0 unspecified atom stereocenters. The third-order valence-corrected chi connectivity index (χ3v) is 1.93. The molecule has 0 aliphatic rings. The van der Waals surface area contributed by atoms with E-state index in [-0.39, 0.29) is 6.42 Å². The van der Waals surface area contributed by atoms with Crippen LogP contribution in [-0.4, -0.2) is 21.2 Å². The first kappa shape index (κ1) is 12.5. The van der Waals surface area contributed by atoms with Gasteiger partial charge >= 0.3 is 6.18 Å². The Kier molecular flexibility index (Phi) is 3.51. The Morgan fingerprint density at radius 3 is 2.62 bits per heavy atom. The first-order chi connectivity index (χ1) is 7.29. The van der Waals surface area contributed by atoms with Crippen molar-refractivity contribution in [1.82, 2.24) is 15.0 Å². The summed E-state index contributed by atoms with van der Waals surface area (Å²) >= 11 is 0. The van der Waals surface area contributed by atoms with Crippen molar-refractivity contribution < 1.29 is 13.2 Å². The van der Waals surface area contributed by atoms with Gasteiger partial charge in [-0.1, -0.05) is 17.9 Å². The SMILES string of the molecule is C=C(/C=C(\C)C(F)(F)F)Cc1cn(C)nn1. The number of hydrogen-bond donors (Lipinski definition) is 0. The average Bonchev–Trinajstić information content (AvgIpc) is 2.49. The summed E-state index contributed by atoms with van der Waals surface area (Å²) in [6, 6.07) is 0. The minimum Gasteiger partial charge on any atom is -0.255 e. The van der Waals surface area contributed by atoms with Crippen molar-refractivity contribution in [3.05, 3.63) is 35.7 Å². The highest BCUT2D eigenvalue weighted by Crippen LogP contribution is 2.26. The van der Waals surface area contributed by atoms with Crippen LogP contribution in [0.1, 0.15) is 12.6 Å². The number of rotatable bonds is 3. The maximum Gasteiger partial charge on any atom is 0.412 e. The lowest BCUT2D eigenvalue weighted by atomic mass is 10.1. The molecular weight excluding hydrogens is 219 g/mol. The summed E-state index contributed by atoms with van der Waals surface area (Å²) in [5.41, 5.74) is 0.287. The number of halogens is 3. The highest BCUT2D eigenvalue weighted by molar-refractivity contribution is 5.25. The topological polar surface area (TPSA) is 30.7 Å². The molecule has 1 aromatic rings. The summed E-state index contributed by atoms with van der Waals surface area (Å²) in [5, 5.41) is 7.45. The Labute approximate surface area is 91.3 Å². The normalized spacial score (nSPS) is 12.9. The van der Waals surface area contributed by atoms with E-state index in [4.69, 9.17) is 0 Å². The molecule has 0 fully saturated rings. The van der Waals surface area contributed by atoms with E-state index in [9.17, 15) is 13.2 Å². The fourth-order valence-electron chi connectivity index (χ4n) is 1.15. The van der Waals surface area contributed by atoms with E-state index in [2.05, 4.69) is 16.9 Å². The lowest BCUT2D eigenvalue weighted by Gasteiger charge is -2.06. The molecule has 0 aliphatic heterocycles. The summed E-state index contributed by atoms with van der Waals surface area (Å²) in [7, 11) is 1.69. The standard InChI is InChI=1S/C10H12F3N3/c1-7(4-8(2)10(11,12)13)5-9-6-16(3)15-14-9/h4,6H,1,5H2,2-3H3/b8-4+. The summed E-state index contributed by atoms with van der Waals surface area (Å²) < 4.78 is 38.1. The van der Waals surface area contributed by atoms with Gasteiger partial charge in [-0.15, -0.1) is 5.10 Å². The van der Waals surface area contributed by atoms with Crippen molar-refractivity contribution in [3.8, 4) is 0 Å². The Bertz CT molecular complexity index is 415. The van der Waals surface area contributed by atoms with Crippen LogP contribution in [0.25, 0.3) is 0 Å². The molecule has 16 heavy (non-hydrogen) atoms. The van der Waals surface area contributed by atoms with E-state index in [1.54, 1.807) is 13.2 Å². The van der Waals surface area contributed by atoms with E-state index >= 15 is 0 Å². The minimum atomic E-state index is -4.30. The van der Waals surface area contributed by atoms with Crippen LogP contribution in [0.5, 0.6) is 0 Å². The minimum absolute atomic E-state index is 0.265. The molecule has 0 bridgehead atoms. The van der Waals surface area contributed by atoms with E-state index in [1.165, 1.54) is 4.68 Å². The second kappa shape index (κ2) is 4.51. The Morgan fingerprint density at radius 1 is 1.56 bits per heavy atom. The van der Waals surface area contributed by atoms with Gasteiger partial charge < -0.3 is 0 Å². The van der Waals surface area contributed by atoms with Gasteiger partial charge in [-0.25, -0.2) is 0 Å². The number of aryl methyl sites for hydroxylation is 1. The number of alkyl halides is 3. The zero-order valence-corrected chi connectivity index (χ0v) is 9.04. The molecule has 0 spiro atoms. The highest BCUT2D eigenvalue weighted by atomic mass is 19.4. The third-order valence-electron chi connectivity index (χ3n) is 1.93.